The predicted molar refractivity (Wildman–Crippen MR) is 125 cm³/mol. The first kappa shape index (κ1) is 23.3. The van der Waals surface area contributed by atoms with E-state index in [1.165, 1.54) is 24.3 Å². The lowest BCUT2D eigenvalue weighted by molar-refractivity contribution is 0.194. The first-order valence-electron chi connectivity index (χ1n) is 10.7. The number of hydrogen-bond donors (Lipinski definition) is 2. The molecule has 2 N–H and O–H groups in total. The van der Waals surface area contributed by atoms with E-state index in [1.807, 2.05) is 12.1 Å². The van der Waals surface area contributed by atoms with Crippen LogP contribution in [0.25, 0.3) is 10.9 Å². The van der Waals surface area contributed by atoms with Crippen LogP contribution in [0.3, 0.4) is 0 Å². The number of H-pyrrole nitrogens is 1. The van der Waals surface area contributed by atoms with Crippen LogP contribution in [0.2, 0.25) is 0 Å². The largest absolute Gasteiger partial charge is 0.497 e. The number of amides is 2. The van der Waals surface area contributed by atoms with Gasteiger partial charge in [0.25, 0.3) is 5.56 Å². The normalized spacial score (nSPS) is 11.0. The summed E-state index contributed by atoms with van der Waals surface area (Å²) in [6.07, 6.45) is 0. The Kier molecular flexibility index (Phi) is 7.83. The van der Waals surface area contributed by atoms with E-state index < -0.39 is 0 Å². The van der Waals surface area contributed by atoms with E-state index in [1.54, 1.807) is 24.1 Å². The number of aromatic nitrogens is 1. The van der Waals surface area contributed by atoms with E-state index in [9.17, 15) is 14.0 Å². The number of ether oxygens (including phenoxy) is 1. The zero-order valence-corrected chi connectivity index (χ0v) is 18.7. The summed E-state index contributed by atoms with van der Waals surface area (Å²) in [6.45, 7) is 7.11. The van der Waals surface area contributed by atoms with Crippen molar-refractivity contribution in [1.29, 1.82) is 0 Å². The van der Waals surface area contributed by atoms with Crippen LogP contribution in [-0.2, 0) is 6.54 Å². The Labute approximate surface area is 186 Å². The molecule has 0 unspecified atom stereocenters. The van der Waals surface area contributed by atoms with Crippen molar-refractivity contribution in [2.45, 2.75) is 20.4 Å². The summed E-state index contributed by atoms with van der Waals surface area (Å²) < 4.78 is 18.4. The Morgan fingerprint density at radius 2 is 1.78 bits per heavy atom. The Bertz CT molecular complexity index is 1110. The third-order valence-electron chi connectivity index (χ3n) is 5.45. The summed E-state index contributed by atoms with van der Waals surface area (Å²) in [5, 5.41) is 3.64. The van der Waals surface area contributed by atoms with Gasteiger partial charge in [-0.25, -0.2) is 9.18 Å². The Hall–Kier alpha value is -3.39. The van der Waals surface area contributed by atoms with Gasteiger partial charge in [0.2, 0.25) is 0 Å². The fraction of sp³-hybridized carbons (Fsp3) is 0.333. The first-order valence-corrected chi connectivity index (χ1v) is 10.7. The molecule has 2 amide bonds. The maximum Gasteiger partial charge on any atom is 0.322 e. The van der Waals surface area contributed by atoms with Crippen molar-refractivity contribution in [2.75, 3.05) is 38.6 Å². The van der Waals surface area contributed by atoms with Crippen molar-refractivity contribution >= 4 is 22.6 Å². The fourth-order valence-electron chi connectivity index (χ4n) is 3.47. The summed E-state index contributed by atoms with van der Waals surface area (Å²) in [6, 6.07) is 12.5. The smallest absolute Gasteiger partial charge is 0.322 e. The molecule has 0 radical (unpaired) electrons. The molecule has 0 aliphatic rings. The molecule has 0 saturated heterocycles. The van der Waals surface area contributed by atoms with Crippen molar-refractivity contribution in [3.05, 3.63) is 70.3 Å². The van der Waals surface area contributed by atoms with Crippen molar-refractivity contribution in [3.63, 3.8) is 0 Å². The van der Waals surface area contributed by atoms with Crippen LogP contribution in [0.5, 0.6) is 5.75 Å². The maximum absolute atomic E-state index is 13.2. The average molecular weight is 441 g/mol. The number of halogens is 1. The van der Waals surface area contributed by atoms with E-state index in [2.05, 4.69) is 29.0 Å². The standard InChI is InChI=1S/C24H29FN4O3/c1-4-28(5-2)12-13-29(24(31)26-20-9-7-19(25)8-10-20)16-18-14-17-6-11-21(32-3)15-22(17)27-23(18)30/h6-11,14-15H,4-5,12-13,16H2,1-3H3,(H,26,31)(H,27,30). The second-order valence-electron chi connectivity index (χ2n) is 7.46. The second kappa shape index (κ2) is 10.8. The summed E-state index contributed by atoms with van der Waals surface area (Å²) in [5.74, 6) is 0.279. The van der Waals surface area contributed by atoms with Crippen LogP contribution in [0.4, 0.5) is 14.9 Å². The monoisotopic (exact) mass is 440 g/mol. The van der Waals surface area contributed by atoms with Crippen LogP contribution in [0.15, 0.2) is 53.3 Å². The number of pyridine rings is 1. The number of likely N-dealkylation sites (N-methyl/N-ethyl adjacent to an activating group) is 1. The van der Waals surface area contributed by atoms with Gasteiger partial charge in [-0.3, -0.25) is 4.79 Å². The lowest BCUT2D eigenvalue weighted by atomic mass is 10.1. The molecule has 1 heterocycles. The first-order chi connectivity index (χ1) is 15.4. The number of carbonyl (C=O) groups is 1. The molecule has 0 saturated carbocycles. The molecule has 0 aliphatic carbocycles. The Morgan fingerprint density at radius 1 is 1.06 bits per heavy atom. The molecule has 3 rings (SSSR count). The number of methoxy groups -OCH3 is 1. The van der Waals surface area contributed by atoms with Gasteiger partial charge in [-0.1, -0.05) is 13.8 Å². The van der Waals surface area contributed by atoms with Gasteiger partial charge in [-0.05, 0) is 60.9 Å². The molecular weight excluding hydrogens is 411 g/mol. The van der Waals surface area contributed by atoms with Crippen molar-refractivity contribution < 1.29 is 13.9 Å². The molecule has 1 aromatic heterocycles. The van der Waals surface area contributed by atoms with Crippen molar-refractivity contribution in [2.24, 2.45) is 0 Å². The summed E-state index contributed by atoms with van der Waals surface area (Å²) in [4.78, 5) is 32.4. The second-order valence-corrected chi connectivity index (χ2v) is 7.46. The number of nitrogens with one attached hydrogen (secondary N) is 2. The lowest BCUT2D eigenvalue weighted by Crippen LogP contribution is -2.41. The predicted octanol–water partition coefficient (Wildman–Crippen LogP) is 4.05. The van der Waals surface area contributed by atoms with Crippen LogP contribution in [0, 0.1) is 5.82 Å². The molecule has 2 aromatic carbocycles. The zero-order valence-electron chi connectivity index (χ0n) is 18.7. The van der Waals surface area contributed by atoms with E-state index >= 15 is 0 Å². The highest BCUT2D eigenvalue weighted by atomic mass is 19.1. The number of urea groups is 1. The minimum absolute atomic E-state index is 0.144. The Morgan fingerprint density at radius 3 is 2.44 bits per heavy atom. The number of hydrogen-bond acceptors (Lipinski definition) is 4. The Balaban J connectivity index is 1.85. The van der Waals surface area contributed by atoms with Gasteiger partial charge in [0.1, 0.15) is 11.6 Å². The minimum Gasteiger partial charge on any atom is -0.497 e. The molecule has 170 valence electrons. The van der Waals surface area contributed by atoms with E-state index in [0.29, 0.717) is 35.6 Å². The fourth-order valence-corrected chi connectivity index (χ4v) is 3.47. The maximum atomic E-state index is 13.2. The van der Waals surface area contributed by atoms with Crippen LogP contribution >= 0.6 is 0 Å². The van der Waals surface area contributed by atoms with Crippen LogP contribution in [-0.4, -0.2) is 54.1 Å². The van der Waals surface area contributed by atoms with Crippen LogP contribution in [0.1, 0.15) is 19.4 Å². The van der Waals surface area contributed by atoms with E-state index in [0.717, 1.165) is 18.5 Å². The average Bonchev–Trinajstić information content (AvgIpc) is 2.80. The number of benzene rings is 2. The summed E-state index contributed by atoms with van der Waals surface area (Å²) in [5.41, 5.74) is 1.39. The van der Waals surface area contributed by atoms with Gasteiger partial charge < -0.3 is 24.8 Å². The van der Waals surface area contributed by atoms with Crippen molar-refractivity contribution in [3.8, 4) is 5.75 Å². The highest BCUT2D eigenvalue weighted by molar-refractivity contribution is 5.89. The molecule has 0 spiro atoms. The molecule has 0 atom stereocenters. The van der Waals surface area contributed by atoms with Gasteiger partial charge in [0.15, 0.2) is 0 Å². The van der Waals surface area contributed by atoms with Gasteiger partial charge in [-0.15, -0.1) is 0 Å². The molecule has 3 aromatic rings. The van der Waals surface area contributed by atoms with Gasteiger partial charge in [0.05, 0.1) is 19.2 Å². The third kappa shape index (κ3) is 5.85. The number of aromatic amines is 1. The molecule has 8 heteroatoms. The van der Waals surface area contributed by atoms with E-state index in [-0.39, 0.29) is 24.0 Å². The number of fused-ring (bicyclic) bond motifs is 1. The molecule has 0 aliphatic heterocycles. The number of anilines is 1. The summed E-state index contributed by atoms with van der Waals surface area (Å²) in [7, 11) is 1.57. The van der Waals surface area contributed by atoms with Crippen LogP contribution < -0.4 is 15.6 Å². The third-order valence-corrected chi connectivity index (χ3v) is 5.45. The highest BCUT2D eigenvalue weighted by Gasteiger charge is 2.17. The molecular formula is C24H29FN4O3. The van der Waals surface area contributed by atoms with E-state index in [4.69, 9.17) is 4.74 Å². The van der Waals surface area contributed by atoms with Gasteiger partial charge in [-0.2, -0.15) is 0 Å². The number of rotatable bonds is 9. The quantitative estimate of drug-likeness (QED) is 0.526. The summed E-state index contributed by atoms with van der Waals surface area (Å²) >= 11 is 0. The molecule has 32 heavy (non-hydrogen) atoms. The lowest BCUT2D eigenvalue weighted by Gasteiger charge is -2.26. The number of nitrogens with zero attached hydrogens (tertiary/aromatic N) is 2. The van der Waals surface area contributed by atoms with Gasteiger partial charge >= 0.3 is 6.03 Å². The van der Waals surface area contributed by atoms with Gasteiger partial charge in [0, 0.05) is 30.4 Å². The molecule has 0 fully saturated rings. The molecule has 7 nitrogen and oxygen atoms in total. The SMILES string of the molecule is CCN(CC)CCN(Cc1cc2ccc(OC)cc2[nH]c1=O)C(=O)Nc1ccc(F)cc1. The number of carbonyl (C=O) groups excluding carboxylic acids is 1. The topological polar surface area (TPSA) is 77.7 Å². The minimum atomic E-state index is -0.374. The zero-order chi connectivity index (χ0) is 23.1. The highest BCUT2D eigenvalue weighted by Crippen LogP contribution is 2.19. The molecule has 0 bridgehead atoms. The van der Waals surface area contributed by atoms with Crippen molar-refractivity contribution in [1.82, 2.24) is 14.8 Å².